The van der Waals surface area contributed by atoms with Crippen LogP contribution in [0.2, 0.25) is 0 Å². The highest BCUT2D eigenvalue weighted by Gasteiger charge is 2.25. The first-order valence-electron chi connectivity index (χ1n) is 7.62. The zero-order chi connectivity index (χ0) is 15.9. The first-order valence-corrected chi connectivity index (χ1v) is 8.41. The van der Waals surface area contributed by atoms with Crippen molar-refractivity contribution in [2.24, 2.45) is 11.7 Å². The van der Waals surface area contributed by atoms with Crippen molar-refractivity contribution in [2.75, 3.05) is 13.1 Å². The van der Waals surface area contributed by atoms with Gasteiger partial charge in [0.15, 0.2) is 0 Å². The van der Waals surface area contributed by atoms with Crippen LogP contribution in [0.4, 0.5) is 0 Å². The molecule has 2 amide bonds. The summed E-state index contributed by atoms with van der Waals surface area (Å²) in [5.74, 6) is 0.170. The molecule has 1 aliphatic rings. The Morgan fingerprint density at radius 2 is 1.96 bits per heavy atom. The Hall–Kier alpha value is -1.11. The molecule has 0 heterocycles. The van der Waals surface area contributed by atoms with E-state index in [0.717, 1.165) is 23.7 Å². The highest BCUT2D eigenvalue weighted by atomic mass is 79.9. The minimum absolute atomic E-state index is 0. The van der Waals surface area contributed by atoms with Crippen molar-refractivity contribution in [3.8, 4) is 0 Å². The summed E-state index contributed by atoms with van der Waals surface area (Å²) in [6.45, 7) is 0.842. The van der Waals surface area contributed by atoms with Crippen LogP contribution in [0.1, 0.15) is 36.0 Å². The Bertz CT molecular complexity index is 542. The monoisotopic (exact) mass is 403 g/mol. The Morgan fingerprint density at radius 1 is 1.22 bits per heavy atom. The minimum Gasteiger partial charge on any atom is -0.354 e. The van der Waals surface area contributed by atoms with Crippen LogP contribution in [0, 0.1) is 5.92 Å². The third-order valence-electron chi connectivity index (χ3n) is 3.98. The van der Waals surface area contributed by atoms with E-state index >= 15 is 0 Å². The molecule has 1 aromatic carbocycles. The van der Waals surface area contributed by atoms with Crippen LogP contribution in [-0.4, -0.2) is 30.9 Å². The highest BCUT2D eigenvalue weighted by molar-refractivity contribution is 9.10. The van der Waals surface area contributed by atoms with E-state index < -0.39 is 0 Å². The first kappa shape index (κ1) is 19.9. The molecule has 128 valence electrons. The molecule has 4 N–H and O–H groups in total. The molecule has 5 nitrogen and oxygen atoms in total. The number of hydrogen-bond donors (Lipinski definition) is 3. The molecule has 1 saturated carbocycles. The standard InChI is InChI=1S/C16H22BrN3O2.ClH/c17-13-5-1-4-12(9-13)16(22)20-8-7-19-15(21)10-11-3-2-6-14(11)18;/h1,4-5,9,11,14H,2-3,6-8,10,18H2,(H,19,21)(H,20,22);1H/t11-,14+;/m0./s1. The third kappa shape index (κ3) is 6.49. The van der Waals surface area contributed by atoms with Crippen LogP contribution >= 0.6 is 28.3 Å². The molecule has 23 heavy (non-hydrogen) atoms. The lowest BCUT2D eigenvalue weighted by atomic mass is 10.00. The van der Waals surface area contributed by atoms with E-state index in [9.17, 15) is 9.59 Å². The van der Waals surface area contributed by atoms with E-state index in [4.69, 9.17) is 5.73 Å². The quantitative estimate of drug-likeness (QED) is 0.636. The largest absolute Gasteiger partial charge is 0.354 e. The van der Waals surface area contributed by atoms with Gasteiger partial charge in [0.2, 0.25) is 5.91 Å². The number of rotatable bonds is 6. The van der Waals surface area contributed by atoms with Gasteiger partial charge in [-0.2, -0.15) is 0 Å². The van der Waals surface area contributed by atoms with Gasteiger partial charge in [-0.25, -0.2) is 0 Å². The van der Waals surface area contributed by atoms with Crippen LogP contribution in [-0.2, 0) is 4.79 Å². The van der Waals surface area contributed by atoms with Gasteiger partial charge < -0.3 is 16.4 Å². The summed E-state index contributed by atoms with van der Waals surface area (Å²) < 4.78 is 0.862. The Balaban J connectivity index is 0.00000264. The predicted molar refractivity (Wildman–Crippen MR) is 96.7 cm³/mol. The van der Waals surface area contributed by atoms with Crippen molar-refractivity contribution in [1.82, 2.24) is 10.6 Å². The maximum atomic E-state index is 11.9. The van der Waals surface area contributed by atoms with Gasteiger partial charge in [-0.3, -0.25) is 9.59 Å². The second-order valence-corrected chi connectivity index (χ2v) is 6.59. The average molecular weight is 405 g/mol. The summed E-state index contributed by atoms with van der Waals surface area (Å²) in [4.78, 5) is 23.7. The second-order valence-electron chi connectivity index (χ2n) is 5.68. The lowest BCUT2D eigenvalue weighted by molar-refractivity contribution is -0.122. The van der Waals surface area contributed by atoms with E-state index in [-0.39, 0.29) is 30.3 Å². The predicted octanol–water partition coefficient (Wildman–Crippen LogP) is 2.23. The Kier molecular flexibility index (Phi) is 8.58. The fourth-order valence-electron chi connectivity index (χ4n) is 2.74. The maximum Gasteiger partial charge on any atom is 0.251 e. The average Bonchev–Trinajstić information content (AvgIpc) is 2.88. The number of hydrogen-bond acceptors (Lipinski definition) is 3. The van der Waals surface area contributed by atoms with Crippen molar-refractivity contribution in [3.05, 3.63) is 34.3 Å². The van der Waals surface area contributed by atoms with Crippen molar-refractivity contribution < 1.29 is 9.59 Å². The zero-order valence-electron chi connectivity index (χ0n) is 12.9. The topological polar surface area (TPSA) is 84.2 Å². The van der Waals surface area contributed by atoms with E-state index in [1.54, 1.807) is 12.1 Å². The smallest absolute Gasteiger partial charge is 0.251 e. The van der Waals surface area contributed by atoms with Crippen LogP contribution in [0.15, 0.2) is 28.7 Å². The van der Waals surface area contributed by atoms with Gasteiger partial charge in [0.25, 0.3) is 5.91 Å². The molecule has 2 atom stereocenters. The second kappa shape index (κ2) is 9.90. The molecule has 0 aromatic heterocycles. The molecule has 0 saturated heterocycles. The number of halogens is 2. The fraction of sp³-hybridized carbons (Fsp3) is 0.500. The summed E-state index contributed by atoms with van der Waals surface area (Å²) >= 11 is 3.33. The van der Waals surface area contributed by atoms with Gasteiger partial charge >= 0.3 is 0 Å². The van der Waals surface area contributed by atoms with Crippen LogP contribution in [0.3, 0.4) is 0 Å². The molecule has 7 heteroatoms. The lowest BCUT2D eigenvalue weighted by Gasteiger charge is -2.14. The Morgan fingerprint density at radius 3 is 2.61 bits per heavy atom. The van der Waals surface area contributed by atoms with Crippen molar-refractivity contribution in [2.45, 2.75) is 31.7 Å². The van der Waals surface area contributed by atoms with Crippen molar-refractivity contribution >= 4 is 40.2 Å². The summed E-state index contributed by atoms with van der Waals surface area (Å²) in [6.07, 6.45) is 3.65. The van der Waals surface area contributed by atoms with Crippen molar-refractivity contribution in [1.29, 1.82) is 0 Å². The third-order valence-corrected chi connectivity index (χ3v) is 4.48. The molecule has 2 rings (SSSR count). The molecule has 1 fully saturated rings. The molecule has 1 aromatic rings. The SMILES string of the molecule is Cl.N[C@@H]1CCC[C@H]1CC(=O)NCCNC(=O)c1cccc(Br)c1. The first-order chi connectivity index (χ1) is 10.6. The fourth-order valence-corrected chi connectivity index (χ4v) is 3.14. The maximum absolute atomic E-state index is 11.9. The molecule has 0 radical (unpaired) electrons. The molecule has 1 aliphatic carbocycles. The summed E-state index contributed by atoms with van der Waals surface area (Å²) in [5, 5.41) is 5.61. The normalized spacial score (nSPS) is 19.7. The number of carbonyl (C=O) groups excluding carboxylic acids is 2. The molecular formula is C16H23BrClN3O2. The number of carbonyl (C=O) groups is 2. The molecule has 0 aliphatic heterocycles. The van der Waals surface area contributed by atoms with Gasteiger partial charge in [-0.05, 0) is 37.0 Å². The van der Waals surface area contributed by atoms with E-state index in [1.807, 2.05) is 12.1 Å². The van der Waals surface area contributed by atoms with Gasteiger partial charge in [0.05, 0.1) is 0 Å². The summed E-state index contributed by atoms with van der Waals surface area (Å²) in [5.41, 5.74) is 6.55. The number of nitrogens with two attached hydrogens (primary N) is 1. The highest BCUT2D eigenvalue weighted by Crippen LogP contribution is 2.26. The molecule has 0 unspecified atom stereocenters. The number of benzene rings is 1. The minimum atomic E-state index is -0.145. The van der Waals surface area contributed by atoms with Crippen LogP contribution in [0.25, 0.3) is 0 Å². The summed E-state index contributed by atoms with van der Waals surface area (Å²) in [6, 6.07) is 7.34. The molecule has 0 bridgehead atoms. The molecular weight excluding hydrogens is 382 g/mol. The van der Waals surface area contributed by atoms with E-state index in [0.29, 0.717) is 31.0 Å². The van der Waals surface area contributed by atoms with E-state index in [1.165, 1.54) is 0 Å². The number of nitrogens with one attached hydrogen (secondary N) is 2. The van der Waals surface area contributed by atoms with Gasteiger partial charge in [0.1, 0.15) is 0 Å². The lowest BCUT2D eigenvalue weighted by Crippen LogP contribution is -2.36. The van der Waals surface area contributed by atoms with Crippen LogP contribution in [0.5, 0.6) is 0 Å². The Labute approximate surface area is 151 Å². The zero-order valence-corrected chi connectivity index (χ0v) is 15.3. The van der Waals surface area contributed by atoms with Gasteiger partial charge in [-0.1, -0.05) is 28.4 Å². The van der Waals surface area contributed by atoms with Crippen molar-refractivity contribution in [3.63, 3.8) is 0 Å². The number of amides is 2. The van der Waals surface area contributed by atoms with Gasteiger partial charge in [-0.15, -0.1) is 12.4 Å². The molecule has 0 spiro atoms. The van der Waals surface area contributed by atoms with Gasteiger partial charge in [0, 0.05) is 35.6 Å². The van der Waals surface area contributed by atoms with Crippen LogP contribution < -0.4 is 16.4 Å². The van der Waals surface area contributed by atoms with E-state index in [2.05, 4.69) is 26.6 Å². The summed E-state index contributed by atoms with van der Waals surface area (Å²) in [7, 11) is 0.